The Bertz CT molecular complexity index is 859. The zero-order chi connectivity index (χ0) is 17.1. The van der Waals surface area contributed by atoms with Crippen LogP contribution in [0.25, 0.3) is 11.3 Å². The summed E-state index contributed by atoms with van der Waals surface area (Å²) >= 11 is 1.55. The Balaban J connectivity index is 1.42. The first-order valence-electron chi connectivity index (χ1n) is 8.35. The van der Waals surface area contributed by atoms with Gasteiger partial charge < -0.3 is 5.32 Å². The quantitative estimate of drug-likeness (QED) is 0.777. The molecule has 1 amide bonds. The van der Waals surface area contributed by atoms with Gasteiger partial charge in [-0.1, -0.05) is 36.8 Å². The zero-order valence-electron chi connectivity index (χ0n) is 13.6. The number of carbonyl (C=O) groups is 1. The first-order chi connectivity index (χ1) is 12.3. The summed E-state index contributed by atoms with van der Waals surface area (Å²) in [5.41, 5.74) is 2.02. The minimum Gasteiger partial charge on any atom is -0.349 e. The van der Waals surface area contributed by atoms with Gasteiger partial charge in [-0.15, -0.1) is 16.4 Å². The van der Waals surface area contributed by atoms with Gasteiger partial charge in [-0.2, -0.15) is 0 Å². The fourth-order valence-corrected chi connectivity index (χ4v) is 3.77. The highest BCUT2D eigenvalue weighted by atomic mass is 32.1. The van der Waals surface area contributed by atoms with Crippen LogP contribution in [0.15, 0.2) is 35.7 Å². The van der Waals surface area contributed by atoms with Crippen LogP contribution in [-0.4, -0.2) is 31.1 Å². The van der Waals surface area contributed by atoms with E-state index in [0.29, 0.717) is 12.4 Å². The van der Waals surface area contributed by atoms with Crippen molar-refractivity contribution in [1.82, 2.24) is 30.5 Å². The van der Waals surface area contributed by atoms with Crippen molar-refractivity contribution < 1.29 is 4.79 Å². The van der Waals surface area contributed by atoms with Crippen molar-refractivity contribution in [3.8, 4) is 11.3 Å². The number of thiazole rings is 1. The molecule has 0 radical (unpaired) electrons. The molecule has 0 unspecified atom stereocenters. The van der Waals surface area contributed by atoms with Crippen molar-refractivity contribution in [2.75, 3.05) is 0 Å². The van der Waals surface area contributed by atoms with Crippen molar-refractivity contribution in [3.63, 3.8) is 0 Å². The highest BCUT2D eigenvalue weighted by Crippen LogP contribution is 2.25. The highest BCUT2D eigenvalue weighted by Gasteiger charge is 2.28. The minimum atomic E-state index is -0.286. The maximum absolute atomic E-state index is 12.6. The average molecular weight is 354 g/mol. The van der Waals surface area contributed by atoms with E-state index < -0.39 is 0 Å². The summed E-state index contributed by atoms with van der Waals surface area (Å²) in [5, 5.41) is 17.6. The van der Waals surface area contributed by atoms with Gasteiger partial charge in [-0.25, -0.2) is 9.67 Å². The van der Waals surface area contributed by atoms with Crippen LogP contribution in [0.1, 0.15) is 36.0 Å². The number of tetrazole rings is 1. The van der Waals surface area contributed by atoms with Crippen molar-refractivity contribution >= 4 is 17.2 Å². The molecule has 0 saturated heterocycles. The molecular weight excluding hydrogens is 336 g/mol. The van der Waals surface area contributed by atoms with Crippen molar-refractivity contribution in [3.05, 3.63) is 46.5 Å². The van der Waals surface area contributed by atoms with E-state index in [9.17, 15) is 4.79 Å². The van der Waals surface area contributed by atoms with Crippen LogP contribution in [0, 0.1) is 0 Å². The number of aromatic nitrogens is 5. The molecule has 4 rings (SSSR count). The molecule has 0 bridgehead atoms. The third-order valence-corrected chi connectivity index (χ3v) is 5.18. The van der Waals surface area contributed by atoms with Gasteiger partial charge in [0, 0.05) is 17.5 Å². The summed E-state index contributed by atoms with van der Waals surface area (Å²) in [6.45, 7) is 1.20. The van der Waals surface area contributed by atoms with E-state index >= 15 is 0 Å². The summed E-state index contributed by atoms with van der Waals surface area (Å²) in [4.78, 5) is 17.2. The van der Waals surface area contributed by atoms with Gasteiger partial charge in [0.05, 0.1) is 18.2 Å². The van der Waals surface area contributed by atoms with Gasteiger partial charge in [-0.3, -0.25) is 4.79 Å². The Morgan fingerprint density at radius 1 is 1.28 bits per heavy atom. The van der Waals surface area contributed by atoms with Gasteiger partial charge in [0.2, 0.25) is 5.91 Å². The van der Waals surface area contributed by atoms with Gasteiger partial charge in [-0.05, 0) is 23.3 Å². The number of carbonyl (C=O) groups excluding carboxylic acids is 1. The molecule has 1 atom stereocenters. The van der Waals surface area contributed by atoms with Gasteiger partial charge in [0.25, 0.3) is 0 Å². The Labute approximate surface area is 149 Å². The molecule has 1 aliphatic rings. The number of nitrogens with one attached hydrogen (secondary N) is 1. The van der Waals surface area contributed by atoms with E-state index in [0.717, 1.165) is 42.1 Å². The SMILES string of the molecule is O=C(NCc1nc(-c2ccccc2)cs1)[C@@H]1CCCCn2nnnc21. The Morgan fingerprint density at radius 2 is 2.16 bits per heavy atom. The molecule has 3 aromatic rings. The third kappa shape index (κ3) is 3.43. The number of nitrogens with zero attached hydrogens (tertiary/aromatic N) is 5. The van der Waals surface area contributed by atoms with Crippen molar-refractivity contribution in [2.24, 2.45) is 0 Å². The molecule has 8 heteroatoms. The lowest BCUT2D eigenvalue weighted by atomic mass is 10.0. The van der Waals surface area contributed by atoms with E-state index in [1.54, 1.807) is 16.0 Å². The highest BCUT2D eigenvalue weighted by molar-refractivity contribution is 7.09. The largest absolute Gasteiger partial charge is 0.349 e. The predicted molar refractivity (Wildman–Crippen MR) is 93.8 cm³/mol. The molecule has 0 spiro atoms. The zero-order valence-corrected chi connectivity index (χ0v) is 14.4. The van der Waals surface area contributed by atoms with E-state index in [1.165, 1.54) is 0 Å². The topological polar surface area (TPSA) is 85.6 Å². The van der Waals surface area contributed by atoms with Gasteiger partial charge in [0.1, 0.15) is 5.01 Å². The summed E-state index contributed by atoms with van der Waals surface area (Å²) < 4.78 is 1.74. The number of aryl methyl sites for hydroxylation is 1. The molecule has 0 fully saturated rings. The second kappa shape index (κ2) is 7.10. The van der Waals surface area contributed by atoms with Crippen molar-refractivity contribution in [2.45, 2.75) is 38.3 Å². The maximum atomic E-state index is 12.6. The smallest absolute Gasteiger partial charge is 0.231 e. The number of hydrogen-bond acceptors (Lipinski definition) is 6. The summed E-state index contributed by atoms with van der Waals surface area (Å²) in [6, 6.07) is 10.0. The normalized spacial score (nSPS) is 16.9. The van der Waals surface area contributed by atoms with E-state index in [-0.39, 0.29) is 11.8 Å². The van der Waals surface area contributed by atoms with Crippen LogP contribution in [0.2, 0.25) is 0 Å². The molecule has 128 valence electrons. The first kappa shape index (κ1) is 15.9. The third-order valence-electron chi connectivity index (χ3n) is 4.34. The molecule has 1 aliphatic heterocycles. The lowest BCUT2D eigenvalue weighted by Crippen LogP contribution is -2.30. The van der Waals surface area contributed by atoms with Gasteiger partial charge in [0.15, 0.2) is 5.82 Å². The summed E-state index contributed by atoms with van der Waals surface area (Å²) in [5.74, 6) is 0.347. The average Bonchev–Trinajstić information content (AvgIpc) is 3.26. The molecule has 2 aromatic heterocycles. The summed E-state index contributed by atoms with van der Waals surface area (Å²) in [6.07, 6.45) is 2.76. The van der Waals surface area contributed by atoms with Crippen LogP contribution in [0.5, 0.6) is 0 Å². The lowest BCUT2D eigenvalue weighted by molar-refractivity contribution is -0.123. The van der Waals surface area contributed by atoms with Crippen LogP contribution < -0.4 is 5.32 Å². The molecular formula is C17H18N6OS. The lowest BCUT2D eigenvalue weighted by Gasteiger charge is -2.12. The van der Waals surface area contributed by atoms with E-state index in [1.807, 2.05) is 35.7 Å². The Morgan fingerprint density at radius 3 is 3.04 bits per heavy atom. The molecule has 7 nitrogen and oxygen atoms in total. The predicted octanol–water partition coefficient (Wildman–Crippen LogP) is 2.38. The maximum Gasteiger partial charge on any atom is 0.231 e. The van der Waals surface area contributed by atoms with Crippen LogP contribution >= 0.6 is 11.3 Å². The second-order valence-electron chi connectivity index (χ2n) is 6.02. The molecule has 25 heavy (non-hydrogen) atoms. The van der Waals surface area contributed by atoms with Crippen LogP contribution in [-0.2, 0) is 17.9 Å². The number of amides is 1. The fourth-order valence-electron chi connectivity index (χ4n) is 3.03. The van der Waals surface area contributed by atoms with E-state index in [4.69, 9.17) is 0 Å². The van der Waals surface area contributed by atoms with Crippen LogP contribution in [0.3, 0.4) is 0 Å². The monoisotopic (exact) mass is 354 g/mol. The second-order valence-corrected chi connectivity index (χ2v) is 6.96. The molecule has 1 aromatic carbocycles. The number of rotatable bonds is 4. The number of fused-ring (bicyclic) bond motifs is 1. The molecule has 0 saturated carbocycles. The molecule has 1 N–H and O–H groups in total. The number of benzene rings is 1. The Hall–Kier alpha value is -2.61. The number of hydrogen-bond donors (Lipinski definition) is 1. The standard InChI is InChI=1S/C17H18N6OS/c24-17(13-8-4-5-9-23-16(13)20-21-22-23)18-10-15-19-14(11-25-15)12-6-2-1-3-7-12/h1-3,6-7,11,13H,4-5,8-10H2,(H,18,24)/t13-/m1/s1. The summed E-state index contributed by atoms with van der Waals surface area (Å²) in [7, 11) is 0. The van der Waals surface area contributed by atoms with Gasteiger partial charge >= 0.3 is 0 Å². The minimum absolute atomic E-state index is 0.0330. The molecule has 0 aliphatic carbocycles. The first-order valence-corrected chi connectivity index (χ1v) is 9.23. The van der Waals surface area contributed by atoms with Crippen LogP contribution in [0.4, 0.5) is 0 Å². The van der Waals surface area contributed by atoms with Crippen molar-refractivity contribution in [1.29, 1.82) is 0 Å². The Kier molecular flexibility index (Phi) is 4.51. The van der Waals surface area contributed by atoms with E-state index in [2.05, 4.69) is 25.8 Å². The molecule has 3 heterocycles. The fraction of sp³-hybridized carbons (Fsp3) is 0.353.